The average molecular weight is 373 g/mol. The van der Waals surface area contributed by atoms with E-state index in [1.807, 2.05) is 16.3 Å². The highest BCUT2D eigenvalue weighted by Gasteiger charge is 2.32. The van der Waals surface area contributed by atoms with Crippen LogP contribution in [0.25, 0.3) is 0 Å². The van der Waals surface area contributed by atoms with Crippen molar-refractivity contribution in [1.29, 1.82) is 0 Å². The highest BCUT2D eigenvalue weighted by atomic mass is 32.2. The van der Waals surface area contributed by atoms with E-state index < -0.39 is 9.84 Å². The van der Waals surface area contributed by atoms with E-state index in [-0.39, 0.29) is 17.4 Å². The number of nitrogens with zero attached hydrogens (tertiary/aromatic N) is 4. The van der Waals surface area contributed by atoms with E-state index >= 15 is 0 Å². The minimum absolute atomic E-state index is 0.0206. The van der Waals surface area contributed by atoms with E-state index in [0.717, 1.165) is 12.4 Å². The molecule has 1 saturated heterocycles. The molecule has 136 valence electrons. The molecule has 1 aliphatic carbocycles. The first kappa shape index (κ1) is 18.1. The maximum atomic E-state index is 11.8. The number of hydrogen-bond acceptors (Lipinski definition) is 5. The zero-order chi connectivity index (χ0) is 17.3. The number of hydrogen-bond donors (Lipinski definition) is 0. The number of rotatable bonds is 5. The van der Waals surface area contributed by atoms with E-state index in [1.54, 1.807) is 0 Å². The summed E-state index contributed by atoms with van der Waals surface area (Å²) in [5, 5.41) is 4.71. The quantitative estimate of drug-likeness (QED) is 0.743. The molecule has 1 saturated carbocycles. The molecule has 0 N–H and O–H groups in total. The average Bonchev–Trinajstić information content (AvgIpc) is 3.07. The van der Waals surface area contributed by atoms with Crippen LogP contribution < -0.4 is 0 Å². The first-order valence-electron chi connectivity index (χ1n) is 8.99. The van der Waals surface area contributed by atoms with Gasteiger partial charge in [-0.05, 0) is 38.0 Å². The lowest BCUT2D eigenvalue weighted by Crippen LogP contribution is -2.38. The van der Waals surface area contributed by atoms with Crippen LogP contribution in [0.15, 0.2) is 0 Å². The Labute approximate surface area is 149 Å². The van der Waals surface area contributed by atoms with Crippen LogP contribution >= 0.6 is 12.2 Å². The standard InChI is InChI=1S/C16H28N4O2S2/c1-3-19(14-7-5-4-6-8-14)12-20-16(23)18(2)15(17-20)13-9-10-24(21,22)11-13/h13-14H,3-12H2,1-2H3/t13-/m0/s1. The van der Waals surface area contributed by atoms with Crippen molar-refractivity contribution in [3.05, 3.63) is 10.6 Å². The molecule has 0 amide bonds. The molecule has 0 unspecified atom stereocenters. The Kier molecular flexibility index (Phi) is 5.46. The summed E-state index contributed by atoms with van der Waals surface area (Å²) in [4.78, 5) is 2.46. The lowest BCUT2D eigenvalue weighted by molar-refractivity contribution is 0.118. The first-order chi connectivity index (χ1) is 11.4. The number of aromatic nitrogens is 3. The molecule has 0 aromatic carbocycles. The molecule has 1 aliphatic heterocycles. The van der Waals surface area contributed by atoms with E-state index in [1.165, 1.54) is 32.1 Å². The van der Waals surface area contributed by atoms with Crippen molar-refractivity contribution >= 4 is 22.1 Å². The molecule has 0 bridgehead atoms. The maximum absolute atomic E-state index is 11.8. The molecule has 2 fully saturated rings. The summed E-state index contributed by atoms with van der Waals surface area (Å²) in [6, 6.07) is 0.614. The van der Waals surface area contributed by atoms with Crippen LogP contribution in [-0.4, -0.2) is 51.8 Å². The van der Waals surface area contributed by atoms with Crippen molar-refractivity contribution in [3.63, 3.8) is 0 Å². The van der Waals surface area contributed by atoms with Gasteiger partial charge in [-0.15, -0.1) is 0 Å². The fourth-order valence-corrected chi connectivity index (χ4v) is 5.97. The Balaban J connectivity index is 1.79. The molecule has 1 atom stereocenters. The van der Waals surface area contributed by atoms with Gasteiger partial charge in [0.15, 0.2) is 14.6 Å². The summed E-state index contributed by atoms with van der Waals surface area (Å²) in [5.41, 5.74) is 0. The SMILES string of the molecule is CCN(Cn1nc([C@H]2CCS(=O)(=O)C2)n(C)c1=S)C1CCCCC1. The second-order valence-corrected chi connectivity index (χ2v) is 9.73. The molecule has 2 aliphatic rings. The van der Waals surface area contributed by atoms with Crippen LogP contribution in [0.5, 0.6) is 0 Å². The Morgan fingerprint density at radius 2 is 1.96 bits per heavy atom. The van der Waals surface area contributed by atoms with Crippen LogP contribution in [0, 0.1) is 4.77 Å². The molecule has 0 radical (unpaired) electrons. The Hall–Kier alpha value is -0.730. The van der Waals surface area contributed by atoms with Gasteiger partial charge in [0.05, 0.1) is 18.2 Å². The maximum Gasteiger partial charge on any atom is 0.198 e. The van der Waals surface area contributed by atoms with Gasteiger partial charge in [0.2, 0.25) is 0 Å². The first-order valence-corrected chi connectivity index (χ1v) is 11.2. The zero-order valence-electron chi connectivity index (χ0n) is 14.6. The largest absolute Gasteiger partial charge is 0.307 e. The minimum Gasteiger partial charge on any atom is -0.307 e. The Bertz CT molecular complexity index is 732. The van der Waals surface area contributed by atoms with Crippen molar-refractivity contribution in [2.24, 2.45) is 7.05 Å². The van der Waals surface area contributed by atoms with Gasteiger partial charge in [0, 0.05) is 19.0 Å². The van der Waals surface area contributed by atoms with Crippen LogP contribution in [0.3, 0.4) is 0 Å². The fraction of sp³-hybridized carbons (Fsp3) is 0.875. The van der Waals surface area contributed by atoms with Crippen molar-refractivity contribution in [2.75, 3.05) is 18.1 Å². The Morgan fingerprint density at radius 3 is 2.54 bits per heavy atom. The molecule has 2 heterocycles. The van der Waals surface area contributed by atoms with Gasteiger partial charge in [-0.2, -0.15) is 5.10 Å². The van der Waals surface area contributed by atoms with Gasteiger partial charge >= 0.3 is 0 Å². The topological polar surface area (TPSA) is 60.1 Å². The summed E-state index contributed by atoms with van der Waals surface area (Å²) in [6.45, 7) is 3.87. The third-order valence-corrected chi connectivity index (χ3v) is 7.74. The molecule has 1 aromatic heterocycles. The minimum atomic E-state index is -2.92. The molecule has 3 rings (SSSR count). The van der Waals surface area contributed by atoms with Gasteiger partial charge in [-0.3, -0.25) is 4.90 Å². The summed E-state index contributed by atoms with van der Waals surface area (Å²) >= 11 is 5.56. The van der Waals surface area contributed by atoms with Crippen molar-refractivity contribution < 1.29 is 8.42 Å². The van der Waals surface area contributed by atoms with Crippen LogP contribution in [0.4, 0.5) is 0 Å². The van der Waals surface area contributed by atoms with Crippen LogP contribution in [0.1, 0.15) is 57.2 Å². The molecular formula is C16H28N4O2S2. The third-order valence-electron chi connectivity index (χ3n) is 5.49. The van der Waals surface area contributed by atoms with Crippen molar-refractivity contribution in [2.45, 2.75) is 64.1 Å². The van der Waals surface area contributed by atoms with Gasteiger partial charge in [0.25, 0.3) is 0 Å². The highest BCUT2D eigenvalue weighted by molar-refractivity contribution is 7.91. The summed E-state index contributed by atoms with van der Waals surface area (Å²) < 4.78 is 28.0. The summed E-state index contributed by atoms with van der Waals surface area (Å²) in [6.07, 6.45) is 7.11. The van der Waals surface area contributed by atoms with Crippen molar-refractivity contribution in [1.82, 2.24) is 19.2 Å². The van der Waals surface area contributed by atoms with Crippen molar-refractivity contribution in [3.8, 4) is 0 Å². The normalized spacial score (nSPS) is 24.7. The van der Waals surface area contributed by atoms with E-state index in [0.29, 0.717) is 23.9 Å². The third kappa shape index (κ3) is 3.75. The highest BCUT2D eigenvalue weighted by Crippen LogP contribution is 2.28. The van der Waals surface area contributed by atoms with Crippen LogP contribution in [-0.2, 0) is 23.6 Å². The molecule has 1 aromatic rings. The van der Waals surface area contributed by atoms with E-state index in [9.17, 15) is 8.42 Å². The fourth-order valence-electron chi connectivity index (χ4n) is 4.04. The predicted octanol–water partition coefficient (Wildman–Crippen LogP) is 2.47. The lowest BCUT2D eigenvalue weighted by Gasteiger charge is -2.33. The Morgan fingerprint density at radius 1 is 1.25 bits per heavy atom. The van der Waals surface area contributed by atoms with Gasteiger partial charge < -0.3 is 4.57 Å². The van der Waals surface area contributed by atoms with E-state index in [2.05, 4.69) is 11.8 Å². The number of sulfone groups is 1. The van der Waals surface area contributed by atoms with Crippen LogP contribution in [0.2, 0.25) is 0 Å². The smallest absolute Gasteiger partial charge is 0.198 e. The molecular weight excluding hydrogens is 344 g/mol. The monoisotopic (exact) mass is 372 g/mol. The van der Waals surface area contributed by atoms with Gasteiger partial charge in [-0.25, -0.2) is 13.1 Å². The zero-order valence-corrected chi connectivity index (χ0v) is 16.3. The summed E-state index contributed by atoms with van der Waals surface area (Å²) in [5.74, 6) is 1.26. The molecule has 24 heavy (non-hydrogen) atoms. The molecule has 0 spiro atoms. The van der Waals surface area contributed by atoms with Gasteiger partial charge in [0.1, 0.15) is 5.82 Å². The predicted molar refractivity (Wildman–Crippen MR) is 97.3 cm³/mol. The molecule has 8 heteroatoms. The second-order valence-electron chi connectivity index (χ2n) is 7.14. The second kappa shape index (κ2) is 7.25. The van der Waals surface area contributed by atoms with E-state index in [4.69, 9.17) is 17.3 Å². The molecule has 6 nitrogen and oxygen atoms in total. The lowest BCUT2D eigenvalue weighted by atomic mass is 9.94. The van der Waals surface area contributed by atoms with Gasteiger partial charge in [-0.1, -0.05) is 26.2 Å². The summed E-state index contributed by atoms with van der Waals surface area (Å²) in [7, 11) is -1.01.